The molecule has 1 N–H and O–H groups in total. The van der Waals surface area contributed by atoms with Gasteiger partial charge in [0.2, 0.25) is 0 Å². The molecule has 0 bridgehead atoms. The van der Waals surface area contributed by atoms with Crippen LogP contribution in [0.25, 0.3) is 5.76 Å². The van der Waals surface area contributed by atoms with Gasteiger partial charge in [0.15, 0.2) is 0 Å². The van der Waals surface area contributed by atoms with E-state index in [1.807, 2.05) is 79.7 Å². The maximum Gasteiger partial charge on any atom is 0.295 e. The minimum absolute atomic E-state index is 0.0724. The summed E-state index contributed by atoms with van der Waals surface area (Å²) in [6.45, 7) is 2.27. The summed E-state index contributed by atoms with van der Waals surface area (Å²) in [5, 5.41) is 11.3. The van der Waals surface area contributed by atoms with Crippen molar-refractivity contribution in [2.75, 3.05) is 0 Å². The summed E-state index contributed by atoms with van der Waals surface area (Å²) < 4.78 is 5.75. The number of ketones is 1. The number of nitrogens with zero attached hydrogens (tertiary/aromatic N) is 1. The van der Waals surface area contributed by atoms with Crippen LogP contribution in [0.4, 0.5) is 0 Å². The lowest BCUT2D eigenvalue weighted by Gasteiger charge is -2.25. The Hall–Kier alpha value is -3.86. The van der Waals surface area contributed by atoms with E-state index >= 15 is 0 Å². The van der Waals surface area contributed by atoms with Gasteiger partial charge in [-0.25, -0.2) is 0 Å². The molecule has 160 valence electrons. The number of aliphatic hydroxyl groups excluding tert-OH is 1. The minimum Gasteiger partial charge on any atom is -0.507 e. The molecule has 0 aromatic heterocycles. The number of hydrogen-bond donors (Lipinski definition) is 1. The van der Waals surface area contributed by atoms with Gasteiger partial charge >= 0.3 is 0 Å². The quantitative estimate of drug-likeness (QED) is 0.376. The van der Waals surface area contributed by atoms with E-state index in [9.17, 15) is 14.7 Å². The number of rotatable bonds is 4. The topological polar surface area (TPSA) is 66.8 Å². The Bertz CT molecular complexity index is 1220. The normalized spacial score (nSPS) is 21.5. The van der Waals surface area contributed by atoms with Gasteiger partial charge in [0.1, 0.15) is 17.6 Å². The fourth-order valence-electron chi connectivity index (χ4n) is 4.53. The summed E-state index contributed by atoms with van der Waals surface area (Å²) in [6.07, 6.45) is 0.809. The molecule has 0 aliphatic carbocycles. The number of fused-ring (bicyclic) bond motifs is 1. The number of likely N-dealkylation sites (tertiary alicyclic amines) is 1. The Morgan fingerprint density at radius 1 is 1.00 bits per heavy atom. The molecule has 5 heteroatoms. The second kappa shape index (κ2) is 8.00. The van der Waals surface area contributed by atoms with Crippen molar-refractivity contribution < 1.29 is 19.4 Å². The zero-order valence-corrected chi connectivity index (χ0v) is 17.7. The molecule has 2 atom stereocenters. The molecule has 32 heavy (non-hydrogen) atoms. The SMILES string of the molecule is CC1Cc2cc(C(O)=C3C(=O)C(=O)N(Cc4ccccc4)C3c3ccccc3)ccc2O1. The fraction of sp³-hybridized carbons (Fsp3) is 0.185. The molecule has 2 aliphatic heterocycles. The van der Waals surface area contributed by atoms with E-state index in [-0.39, 0.29) is 24.0 Å². The first-order chi connectivity index (χ1) is 15.5. The highest BCUT2D eigenvalue weighted by molar-refractivity contribution is 6.46. The first kappa shape index (κ1) is 20.1. The molecule has 3 aromatic rings. The molecule has 1 amide bonds. The van der Waals surface area contributed by atoms with Crippen molar-refractivity contribution in [1.82, 2.24) is 4.90 Å². The van der Waals surface area contributed by atoms with Crippen LogP contribution in [0.5, 0.6) is 5.75 Å². The highest BCUT2D eigenvalue weighted by Gasteiger charge is 2.46. The maximum absolute atomic E-state index is 13.2. The van der Waals surface area contributed by atoms with Crippen LogP contribution in [0, 0.1) is 0 Å². The first-order valence-corrected chi connectivity index (χ1v) is 10.7. The van der Waals surface area contributed by atoms with Gasteiger partial charge in [0, 0.05) is 18.5 Å². The van der Waals surface area contributed by atoms with E-state index in [0.29, 0.717) is 5.56 Å². The zero-order valence-electron chi connectivity index (χ0n) is 17.7. The Morgan fingerprint density at radius 3 is 2.41 bits per heavy atom. The molecule has 5 nitrogen and oxygen atoms in total. The summed E-state index contributed by atoms with van der Waals surface area (Å²) in [5.74, 6) is -0.645. The molecule has 2 unspecified atom stereocenters. The van der Waals surface area contributed by atoms with Gasteiger partial charge in [-0.1, -0.05) is 60.7 Å². The molecule has 0 spiro atoms. The van der Waals surface area contributed by atoms with Gasteiger partial charge in [0.25, 0.3) is 11.7 Å². The zero-order chi connectivity index (χ0) is 22.2. The van der Waals surface area contributed by atoms with Crippen LogP contribution in [0.3, 0.4) is 0 Å². The lowest BCUT2D eigenvalue weighted by Crippen LogP contribution is -2.29. The minimum atomic E-state index is -0.669. The van der Waals surface area contributed by atoms with Gasteiger partial charge in [-0.05, 0) is 41.8 Å². The second-order valence-electron chi connectivity index (χ2n) is 8.28. The van der Waals surface area contributed by atoms with Crippen LogP contribution in [0.15, 0.2) is 84.4 Å². The second-order valence-corrected chi connectivity index (χ2v) is 8.28. The van der Waals surface area contributed by atoms with Gasteiger partial charge in [-0.15, -0.1) is 0 Å². The summed E-state index contributed by atoms with van der Waals surface area (Å²) in [4.78, 5) is 27.8. The summed E-state index contributed by atoms with van der Waals surface area (Å²) in [7, 11) is 0. The van der Waals surface area contributed by atoms with E-state index in [4.69, 9.17) is 4.74 Å². The number of aliphatic hydroxyl groups is 1. The highest BCUT2D eigenvalue weighted by atomic mass is 16.5. The van der Waals surface area contributed by atoms with Crippen molar-refractivity contribution in [3.8, 4) is 5.75 Å². The summed E-state index contributed by atoms with van der Waals surface area (Å²) in [5.41, 5.74) is 3.31. The van der Waals surface area contributed by atoms with Crippen molar-refractivity contribution in [2.24, 2.45) is 0 Å². The molecule has 2 aliphatic rings. The van der Waals surface area contributed by atoms with Gasteiger partial charge < -0.3 is 14.7 Å². The molecule has 1 fully saturated rings. The van der Waals surface area contributed by atoms with Crippen LogP contribution in [-0.4, -0.2) is 27.8 Å². The predicted molar refractivity (Wildman–Crippen MR) is 121 cm³/mol. The third-order valence-electron chi connectivity index (χ3n) is 6.02. The number of carbonyl (C=O) groups excluding carboxylic acids is 2. The molecule has 3 aromatic carbocycles. The molecule has 0 saturated carbocycles. The lowest BCUT2D eigenvalue weighted by atomic mass is 9.94. The number of amides is 1. The smallest absolute Gasteiger partial charge is 0.295 e. The Balaban J connectivity index is 1.62. The molecule has 0 radical (unpaired) electrons. The maximum atomic E-state index is 13.2. The standard InChI is InChI=1S/C27H23NO4/c1-17-14-21-15-20(12-13-22(21)32-17)25(29)23-24(19-10-6-3-7-11-19)28(27(31)26(23)30)16-18-8-4-2-5-9-18/h2-13,15,17,24,29H,14,16H2,1H3. The van der Waals surface area contributed by atoms with Crippen molar-refractivity contribution in [3.05, 3.63) is 107 Å². The summed E-state index contributed by atoms with van der Waals surface area (Å²) in [6, 6.07) is 23.6. The average Bonchev–Trinajstić information content (AvgIpc) is 3.31. The van der Waals surface area contributed by atoms with Crippen LogP contribution in [-0.2, 0) is 22.6 Å². The Morgan fingerprint density at radius 2 is 1.69 bits per heavy atom. The van der Waals surface area contributed by atoms with E-state index in [2.05, 4.69) is 0 Å². The largest absolute Gasteiger partial charge is 0.507 e. The van der Waals surface area contributed by atoms with Gasteiger partial charge in [-0.3, -0.25) is 9.59 Å². The number of carbonyl (C=O) groups is 2. The van der Waals surface area contributed by atoms with E-state index in [0.717, 1.165) is 28.9 Å². The average molecular weight is 425 g/mol. The fourth-order valence-corrected chi connectivity index (χ4v) is 4.53. The predicted octanol–water partition coefficient (Wildman–Crippen LogP) is 4.63. The Labute approximate surface area is 186 Å². The van der Waals surface area contributed by atoms with E-state index in [1.54, 1.807) is 6.07 Å². The molecular weight excluding hydrogens is 402 g/mol. The van der Waals surface area contributed by atoms with Crippen LogP contribution < -0.4 is 4.74 Å². The molecule has 1 saturated heterocycles. The van der Waals surface area contributed by atoms with Crippen molar-refractivity contribution >= 4 is 17.4 Å². The third kappa shape index (κ3) is 3.46. The van der Waals surface area contributed by atoms with Crippen LogP contribution in [0.2, 0.25) is 0 Å². The molecular formula is C27H23NO4. The van der Waals surface area contributed by atoms with E-state index < -0.39 is 17.7 Å². The number of Topliss-reactive ketones (excluding diaryl/α,β-unsaturated/α-hetero) is 1. The third-order valence-corrected chi connectivity index (χ3v) is 6.02. The van der Waals surface area contributed by atoms with Crippen molar-refractivity contribution in [2.45, 2.75) is 32.0 Å². The van der Waals surface area contributed by atoms with Crippen molar-refractivity contribution in [1.29, 1.82) is 0 Å². The lowest BCUT2D eigenvalue weighted by molar-refractivity contribution is -0.140. The number of benzene rings is 3. The summed E-state index contributed by atoms with van der Waals surface area (Å²) >= 11 is 0. The molecule has 5 rings (SSSR count). The monoisotopic (exact) mass is 425 g/mol. The van der Waals surface area contributed by atoms with Gasteiger partial charge in [-0.2, -0.15) is 0 Å². The van der Waals surface area contributed by atoms with Crippen LogP contribution >= 0.6 is 0 Å². The van der Waals surface area contributed by atoms with E-state index in [1.165, 1.54) is 4.90 Å². The van der Waals surface area contributed by atoms with Crippen LogP contribution in [0.1, 0.15) is 35.2 Å². The van der Waals surface area contributed by atoms with Gasteiger partial charge in [0.05, 0.1) is 11.6 Å². The Kier molecular flexibility index (Phi) is 5.02. The number of hydrogen-bond acceptors (Lipinski definition) is 4. The first-order valence-electron chi connectivity index (χ1n) is 10.7. The highest BCUT2D eigenvalue weighted by Crippen LogP contribution is 2.41. The van der Waals surface area contributed by atoms with Crippen molar-refractivity contribution in [3.63, 3.8) is 0 Å². The number of ether oxygens (including phenoxy) is 1. The molecule has 2 heterocycles.